The topological polar surface area (TPSA) is 35.2 Å². The number of hydrogen-bond donors (Lipinski definition) is 1. The van der Waals surface area contributed by atoms with Gasteiger partial charge in [-0.3, -0.25) is 0 Å². The average Bonchev–Trinajstić information content (AvgIpc) is 2.51. The first-order valence-corrected chi connectivity index (χ1v) is 7.43. The molecule has 0 aliphatic rings. The zero-order chi connectivity index (χ0) is 15.4. The van der Waals surface area contributed by atoms with Gasteiger partial charge in [0.25, 0.3) is 0 Å². The first kappa shape index (κ1) is 15.9. The largest absolute Gasteiger partial charge is 0.489 e. The van der Waals surface area contributed by atoms with Crippen LogP contribution in [-0.4, -0.2) is 0 Å². The molecule has 0 aliphatic heterocycles. The van der Waals surface area contributed by atoms with Crippen molar-refractivity contribution in [2.45, 2.75) is 26.0 Å². The van der Waals surface area contributed by atoms with E-state index in [1.165, 1.54) is 12.1 Å². The number of nitrogens with two attached hydrogens (primary N) is 1. The molecule has 21 heavy (non-hydrogen) atoms. The van der Waals surface area contributed by atoms with Crippen molar-refractivity contribution in [3.05, 3.63) is 63.6 Å². The van der Waals surface area contributed by atoms with Crippen molar-refractivity contribution < 1.29 is 13.5 Å². The molecule has 0 fully saturated rings. The maximum atomic E-state index is 13.8. The molecule has 2 nitrogen and oxygen atoms in total. The lowest BCUT2D eigenvalue weighted by Gasteiger charge is -2.12. The van der Waals surface area contributed by atoms with Gasteiger partial charge in [-0.15, -0.1) is 0 Å². The fraction of sp³-hybridized carbons (Fsp3) is 0.250. The minimum absolute atomic E-state index is 0.0148. The van der Waals surface area contributed by atoms with Crippen LogP contribution in [0.15, 0.2) is 40.9 Å². The Hall–Kier alpha value is -1.46. The number of halogens is 3. The molecule has 2 N–H and O–H groups in total. The van der Waals surface area contributed by atoms with Crippen LogP contribution in [0.4, 0.5) is 8.78 Å². The first-order chi connectivity index (χ1) is 10.0. The lowest BCUT2D eigenvalue weighted by atomic mass is 10.1. The third-order valence-corrected chi connectivity index (χ3v) is 3.88. The van der Waals surface area contributed by atoms with Crippen molar-refractivity contribution in [1.29, 1.82) is 0 Å². The van der Waals surface area contributed by atoms with Crippen molar-refractivity contribution >= 4 is 15.9 Å². The Morgan fingerprint density at radius 1 is 1.14 bits per heavy atom. The Bertz CT molecular complexity index is 616. The van der Waals surface area contributed by atoms with Crippen LogP contribution in [0.3, 0.4) is 0 Å². The van der Waals surface area contributed by atoms with Gasteiger partial charge in [-0.1, -0.05) is 19.1 Å². The molecule has 2 aromatic carbocycles. The van der Waals surface area contributed by atoms with Crippen LogP contribution >= 0.6 is 15.9 Å². The summed E-state index contributed by atoms with van der Waals surface area (Å²) in [6.45, 7) is 1.84. The highest BCUT2D eigenvalue weighted by molar-refractivity contribution is 9.10. The fourth-order valence-corrected chi connectivity index (χ4v) is 2.28. The van der Waals surface area contributed by atoms with Crippen LogP contribution in [0.25, 0.3) is 0 Å². The Morgan fingerprint density at radius 3 is 2.43 bits per heavy atom. The van der Waals surface area contributed by atoms with Crippen LogP contribution < -0.4 is 10.5 Å². The number of rotatable bonds is 5. The second kappa shape index (κ2) is 7.00. The van der Waals surface area contributed by atoms with E-state index in [9.17, 15) is 8.78 Å². The maximum Gasteiger partial charge on any atom is 0.146 e. The Labute approximate surface area is 131 Å². The summed E-state index contributed by atoms with van der Waals surface area (Å²) in [7, 11) is 0. The normalized spacial score (nSPS) is 12.2. The monoisotopic (exact) mass is 355 g/mol. The summed E-state index contributed by atoms with van der Waals surface area (Å²) in [6, 6.07) is 9.73. The quantitative estimate of drug-likeness (QED) is 0.787. The molecule has 112 valence electrons. The summed E-state index contributed by atoms with van der Waals surface area (Å²) in [5.74, 6) is -0.722. The highest BCUT2D eigenvalue weighted by Gasteiger charge is 2.13. The van der Waals surface area contributed by atoms with Gasteiger partial charge in [-0.25, -0.2) is 8.78 Å². The predicted octanol–water partition coefficient (Wildman–Crippen LogP) is 4.72. The van der Waals surface area contributed by atoms with Gasteiger partial charge in [0.05, 0.1) is 10.0 Å². The molecule has 0 saturated heterocycles. The summed E-state index contributed by atoms with van der Waals surface area (Å²) in [5, 5.41) is 0. The Morgan fingerprint density at radius 2 is 1.81 bits per heavy atom. The number of hydrogen-bond acceptors (Lipinski definition) is 2. The van der Waals surface area contributed by atoms with Crippen LogP contribution in [-0.2, 0) is 6.61 Å². The molecule has 0 bridgehead atoms. The molecule has 0 heterocycles. The SMILES string of the molecule is CCC(N)c1ccc(OCc2c(F)ccc(Br)c2F)cc1. The lowest BCUT2D eigenvalue weighted by Crippen LogP contribution is -2.08. The number of benzene rings is 2. The van der Waals surface area contributed by atoms with E-state index in [2.05, 4.69) is 15.9 Å². The number of ether oxygens (including phenoxy) is 1. The predicted molar refractivity (Wildman–Crippen MR) is 82.1 cm³/mol. The smallest absolute Gasteiger partial charge is 0.146 e. The third kappa shape index (κ3) is 3.80. The van der Waals surface area contributed by atoms with E-state index in [4.69, 9.17) is 10.5 Å². The first-order valence-electron chi connectivity index (χ1n) is 6.63. The Balaban J connectivity index is 2.08. The van der Waals surface area contributed by atoms with E-state index in [-0.39, 0.29) is 22.7 Å². The van der Waals surface area contributed by atoms with Gasteiger partial charge in [-0.2, -0.15) is 0 Å². The van der Waals surface area contributed by atoms with Gasteiger partial charge in [0.1, 0.15) is 24.0 Å². The van der Waals surface area contributed by atoms with Gasteiger partial charge in [-0.05, 0) is 52.2 Å². The molecule has 0 amide bonds. The highest BCUT2D eigenvalue weighted by atomic mass is 79.9. The lowest BCUT2D eigenvalue weighted by molar-refractivity contribution is 0.292. The van der Waals surface area contributed by atoms with E-state index < -0.39 is 11.6 Å². The van der Waals surface area contributed by atoms with E-state index in [0.29, 0.717) is 5.75 Å². The summed E-state index contributed by atoms with van der Waals surface area (Å²) in [4.78, 5) is 0. The summed E-state index contributed by atoms with van der Waals surface area (Å²) in [6.07, 6.45) is 0.842. The van der Waals surface area contributed by atoms with E-state index in [1.54, 1.807) is 12.1 Å². The van der Waals surface area contributed by atoms with Crippen molar-refractivity contribution in [1.82, 2.24) is 0 Å². The zero-order valence-electron chi connectivity index (χ0n) is 11.6. The molecule has 0 saturated carbocycles. The van der Waals surface area contributed by atoms with Gasteiger partial charge < -0.3 is 10.5 Å². The van der Waals surface area contributed by atoms with Crippen molar-refractivity contribution in [2.24, 2.45) is 5.73 Å². The van der Waals surface area contributed by atoms with Gasteiger partial charge >= 0.3 is 0 Å². The zero-order valence-corrected chi connectivity index (χ0v) is 13.2. The van der Waals surface area contributed by atoms with Gasteiger partial charge in [0.2, 0.25) is 0 Å². The molecule has 1 atom stereocenters. The molecular weight excluding hydrogens is 340 g/mol. The van der Waals surface area contributed by atoms with Crippen molar-refractivity contribution in [2.75, 3.05) is 0 Å². The minimum Gasteiger partial charge on any atom is -0.489 e. The molecule has 0 spiro atoms. The average molecular weight is 356 g/mol. The van der Waals surface area contributed by atoms with Crippen molar-refractivity contribution in [3.8, 4) is 5.75 Å². The summed E-state index contributed by atoms with van der Waals surface area (Å²) < 4.78 is 33.0. The molecule has 2 rings (SSSR count). The third-order valence-electron chi connectivity index (χ3n) is 3.27. The molecule has 5 heteroatoms. The fourth-order valence-electron chi connectivity index (χ4n) is 1.90. The molecule has 0 radical (unpaired) electrons. The summed E-state index contributed by atoms with van der Waals surface area (Å²) in [5.41, 5.74) is 6.83. The van der Waals surface area contributed by atoms with Crippen molar-refractivity contribution in [3.63, 3.8) is 0 Å². The van der Waals surface area contributed by atoms with Gasteiger partial charge in [0.15, 0.2) is 0 Å². The molecule has 0 aliphatic carbocycles. The van der Waals surface area contributed by atoms with Crippen LogP contribution in [0.1, 0.15) is 30.5 Å². The molecule has 0 aromatic heterocycles. The van der Waals surface area contributed by atoms with Crippen LogP contribution in [0, 0.1) is 11.6 Å². The molecular formula is C16H16BrF2NO. The Kier molecular flexibility index (Phi) is 5.31. The second-order valence-corrected chi connectivity index (χ2v) is 5.55. The van der Waals surface area contributed by atoms with E-state index in [1.807, 2.05) is 19.1 Å². The van der Waals surface area contributed by atoms with E-state index in [0.717, 1.165) is 12.0 Å². The van der Waals surface area contributed by atoms with Crippen LogP contribution in [0.5, 0.6) is 5.75 Å². The molecule has 1 unspecified atom stereocenters. The summed E-state index contributed by atoms with van der Waals surface area (Å²) >= 11 is 3.03. The van der Waals surface area contributed by atoms with Crippen LogP contribution in [0.2, 0.25) is 0 Å². The van der Waals surface area contributed by atoms with Gasteiger partial charge in [0, 0.05) is 6.04 Å². The minimum atomic E-state index is -0.639. The van der Waals surface area contributed by atoms with E-state index >= 15 is 0 Å². The standard InChI is InChI=1S/C16H16BrF2NO/c1-2-15(20)10-3-5-11(6-4-10)21-9-12-14(18)8-7-13(17)16(12)19/h3-8,15H,2,9,20H2,1H3. The second-order valence-electron chi connectivity index (χ2n) is 4.69. The highest BCUT2D eigenvalue weighted by Crippen LogP contribution is 2.24. The maximum absolute atomic E-state index is 13.8. The molecule has 2 aromatic rings.